The molecule has 0 amide bonds. The Hall–Kier alpha value is -0.150. The van der Waals surface area contributed by atoms with Crippen LogP contribution >= 0.6 is 12.4 Å². The summed E-state index contributed by atoms with van der Waals surface area (Å²) in [5.41, 5.74) is 0. The zero-order chi connectivity index (χ0) is 4.12. The lowest BCUT2D eigenvalue weighted by molar-refractivity contribution is 1.28. The van der Waals surface area contributed by atoms with Crippen LogP contribution in [0.3, 0.4) is 0 Å². The molecule has 0 aliphatic carbocycles. The Kier molecular flexibility index (Phi) is 13.7. The van der Waals surface area contributed by atoms with E-state index in [0.717, 1.165) is 6.42 Å². The Bertz CT molecular complexity index is 56.1. The summed E-state index contributed by atoms with van der Waals surface area (Å²) < 4.78 is 0. The number of hydrogen-bond donors (Lipinski definition) is 0. The summed E-state index contributed by atoms with van der Waals surface area (Å²) in [6.45, 7) is 3.89. The van der Waals surface area contributed by atoms with Gasteiger partial charge in [-0.3, -0.25) is 0 Å². The van der Waals surface area contributed by atoms with Crippen molar-refractivity contribution in [2.75, 3.05) is 0 Å². The first-order valence-corrected chi connectivity index (χ1v) is 1.81. The molecule has 0 N–H and O–H groups in total. The minimum atomic E-state index is 0. The van der Waals surface area contributed by atoms with E-state index in [4.69, 9.17) is 0 Å². The SMILES string of the molecule is CC#CCC.Cl. The van der Waals surface area contributed by atoms with Gasteiger partial charge in [-0.25, -0.2) is 0 Å². The van der Waals surface area contributed by atoms with Crippen LogP contribution in [0.5, 0.6) is 0 Å². The van der Waals surface area contributed by atoms with Crippen molar-refractivity contribution in [1.82, 2.24) is 0 Å². The zero-order valence-corrected chi connectivity index (χ0v) is 4.93. The largest absolute Gasteiger partial charge is 0.147 e. The van der Waals surface area contributed by atoms with Gasteiger partial charge in [0.2, 0.25) is 0 Å². The first-order valence-electron chi connectivity index (χ1n) is 1.81. The lowest BCUT2D eigenvalue weighted by atomic mass is 10.5. The molecule has 0 unspecified atom stereocenters. The summed E-state index contributed by atoms with van der Waals surface area (Å²) in [5, 5.41) is 0. The lowest BCUT2D eigenvalue weighted by Gasteiger charge is -1.58. The van der Waals surface area contributed by atoms with Gasteiger partial charge >= 0.3 is 0 Å². The molecule has 6 heavy (non-hydrogen) atoms. The topological polar surface area (TPSA) is 0 Å². The van der Waals surface area contributed by atoms with Gasteiger partial charge in [-0.15, -0.1) is 24.2 Å². The molecule has 1 heteroatoms. The van der Waals surface area contributed by atoms with E-state index in [-0.39, 0.29) is 12.4 Å². The van der Waals surface area contributed by atoms with Crippen molar-refractivity contribution in [2.45, 2.75) is 20.3 Å². The van der Waals surface area contributed by atoms with Crippen LogP contribution in [0.25, 0.3) is 0 Å². The molecule has 0 saturated heterocycles. The molecule has 0 rings (SSSR count). The average Bonchev–Trinajstić information content (AvgIpc) is 1.41. The summed E-state index contributed by atoms with van der Waals surface area (Å²) in [5.74, 6) is 5.63. The van der Waals surface area contributed by atoms with E-state index in [9.17, 15) is 0 Å². The third-order valence-corrected chi connectivity index (χ3v) is 0.354. The predicted octanol–water partition coefficient (Wildman–Crippen LogP) is 1.84. The van der Waals surface area contributed by atoms with Crippen molar-refractivity contribution in [1.29, 1.82) is 0 Å². The molecule has 0 spiro atoms. The molecule has 0 aromatic heterocycles. The maximum Gasteiger partial charge on any atom is 0.00601 e. The van der Waals surface area contributed by atoms with Crippen LogP contribution in [-0.4, -0.2) is 0 Å². The van der Waals surface area contributed by atoms with Crippen LogP contribution in [0, 0.1) is 11.8 Å². The molecule has 0 nitrogen and oxygen atoms in total. The van der Waals surface area contributed by atoms with Gasteiger partial charge in [-0.2, -0.15) is 0 Å². The van der Waals surface area contributed by atoms with Gasteiger partial charge in [-0.1, -0.05) is 6.92 Å². The van der Waals surface area contributed by atoms with Gasteiger partial charge in [0.05, 0.1) is 0 Å². The zero-order valence-electron chi connectivity index (χ0n) is 4.12. The summed E-state index contributed by atoms with van der Waals surface area (Å²) in [6, 6.07) is 0. The van der Waals surface area contributed by atoms with Crippen molar-refractivity contribution in [3.8, 4) is 11.8 Å². The fraction of sp³-hybridized carbons (Fsp3) is 0.600. The second kappa shape index (κ2) is 8.85. The maximum atomic E-state index is 2.86. The van der Waals surface area contributed by atoms with E-state index in [1.807, 2.05) is 13.8 Å². The normalized spacial score (nSPS) is 4.33. The van der Waals surface area contributed by atoms with Crippen LogP contribution in [0.4, 0.5) is 0 Å². The van der Waals surface area contributed by atoms with Crippen LogP contribution in [0.15, 0.2) is 0 Å². The Labute approximate surface area is 45.4 Å². The van der Waals surface area contributed by atoms with Crippen LogP contribution in [-0.2, 0) is 0 Å². The van der Waals surface area contributed by atoms with E-state index in [1.165, 1.54) is 0 Å². The van der Waals surface area contributed by atoms with Gasteiger partial charge < -0.3 is 0 Å². The van der Waals surface area contributed by atoms with Crippen LogP contribution < -0.4 is 0 Å². The highest BCUT2D eigenvalue weighted by molar-refractivity contribution is 5.85. The summed E-state index contributed by atoms with van der Waals surface area (Å²) >= 11 is 0. The molecule has 0 aromatic carbocycles. The quantitative estimate of drug-likeness (QED) is 0.412. The number of rotatable bonds is 0. The monoisotopic (exact) mass is 104 g/mol. The third kappa shape index (κ3) is 9.14. The van der Waals surface area contributed by atoms with Crippen LogP contribution in [0.1, 0.15) is 20.3 Å². The Morgan fingerprint density at radius 2 is 2.00 bits per heavy atom. The molecule has 0 bridgehead atoms. The highest BCUT2D eigenvalue weighted by Gasteiger charge is 1.48. The fourth-order valence-electron chi connectivity index (χ4n) is 0.177. The Morgan fingerprint density at radius 3 is 2.00 bits per heavy atom. The van der Waals surface area contributed by atoms with Gasteiger partial charge in [0.15, 0.2) is 0 Å². The molecular formula is C5H9Cl. The van der Waals surface area contributed by atoms with Crippen molar-refractivity contribution < 1.29 is 0 Å². The maximum absolute atomic E-state index is 2.86. The van der Waals surface area contributed by atoms with E-state index in [0.29, 0.717) is 0 Å². The highest BCUT2D eigenvalue weighted by atomic mass is 35.5. The lowest BCUT2D eigenvalue weighted by Crippen LogP contribution is -1.45. The van der Waals surface area contributed by atoms with Crippen molar-refractivity contribution >= 4 is 12.4 Å². The Balaban J connectivity index is 0. The van der Waals surface area contributed by atoms with Crippen LogP contribution in [0.2, 0.25) is 0 Å². The third-order valence-electron chi connectivity index (χ3n) is 0.354. The molecule has 0 radical (unpaired) electrons. The second-order valence-corrected chi connectivity index (χ2v) is 0.780. The predicted molar refractivity (Wildman–Crippen MR) is 31.0 cm³/mol. The molecule has 0 atom stereocenters. The fourth-order valence-corrected chi connectivity index (χ4v) is 0.177. The van der Waals surface area contributed by atoms with Crippen molar-refractivity contribution in [3.05, 3.63) is 0 Å². The minimum Gasteiger partial charge on any atom is -0.147 e. The molecule has 0 saturated carbocycles. The van der Waals surface area contributed by atoms with Gasteiger partial charge in [-0.05, 0) is 6.92 Å². The molecule has 0 aliphatic heterocycles. The van der Waals surface area contributed by atoms with Gasteiger partial charge in [0, 0.05) is 6.42 Å². The molecular weight excluding hydrogens is 95.5 g/mol. The number of hydrogen-bond acceptors (Lipinski definition) is 0. The standard InChI is InChI=1S/C5H8.ClH/c1-3-5-4-2;/h3H2,1-2H3;1H. The summed E-state index contributed by atoms with van der Waals surface area (Å²) in [7, 11) is 0. The van der Waals surface area contributed by atoms with Crippen molar-refractivity contribution in [3.63, 3.8) is 0 Å². The average molecular weight is 105 g/mol. The minimum absolute atomic E-state index is 0. The van der Waals surface area contributed by atoms with E-state index >= 15 is 0 Å². The first kappa shape index (κ1) is 9.28. The van der Waals surface area contributed by atoms with E-state index < -0.39 is 0 Å². The molecule has 0 fully saturated rings. The number of halogens is 1. The van der Waals surface area contributed by atoms with Gasteiger partial charge in [0.1, 0.15) is 0 Å². The molecule has 0 heterocycles. The molecule has 0 aliphatic rings. The van der Waals surface area contributed by atoms with Gasteiger partial charge in [0.25, 0.3) is 0 Å². The van der Waals surface area contributed by atoms with E-state index in [1.54, 1.807) is 0 Å². The highest BCUT2D eigenvalue weighted by Crippen LogP contribution is 1.62. The summed E-state index contributed by atoms with van der Waals surface area (Å²) in [6.07, 6.45) is 0.983. The summed E-state index contributed by atoms with van der Waals surface area (Å²) in [4.78, 5) is 0. The first-order chi connectivity index (χ1) is 2.41. The Morgan fingerprint density at radius 1 is 1.50 bits per heavy atom. The smallest absolute Gasteiger partial charge is 0.00601 e. The van der Waals surface area contributed by atoms with Crippen molar-refractivity contribution in [2.24, 2.45) is 0 Å². The van der Waals surface area contributed by atoms with E-state index in [2.05, 4.69) is 11.8 Å². The molecule has 0 aromatic rings. The second-order valence-electron chi connectivity index (χ2n) is 0.780. The molecule has 36 valence electrons.